The maximum Gasteiger partial charge on any atom is 0.142 e. The van der Waals surface area contributed by atoms with E-state index in [9.17, 15) is 8.78 Å². The Labute approximate surface area is 90.0 Å². The van der Waals surface area contributed by atoms with Gasteiger partial charge in [-0.25, -0.2) is 8.78 Å². The quantitative estimate of drug-likeness (QED) is 0.646. The van der Waals surface area contributed by atoms with Gasteiger partial charge in [0.25, 0.3) is 0 Å². The van der Waals surface area contributed by atoms with Crippen molar-refractivity contribution < 1.29 is 8.78 Å². The summed E-state index contributed by atoms with van der Waals surface area (Å²) in [5.74, 6) is -1.23. The normalized spacial score (nSPS) is 10.0. The van der Waals surface area contributed by atoms with E-state index in [0.717, 1.165) is 5.57 Å². The Kier molecular flexibility index (Phi) is 3.63. The molecule has 0 radical (unpaired) electrons. The van der Waals surface area contributed by atoms with Crippen LogP contribution in [0.4, 0.5) is 14.5 Å². The zero-order valence-electron chi connectivity index (χ0n) is 7.70. The van der Waals surface area contributed by atoms with Crippen molar-refractivity contribution in [2.24, 2.45) is 0 Å². The molecule has 0 aliphatic rings. The number of anilines is 1. The average Bonchev–Trinajstić information content (AvgIpc) is 2.10. The highest BCUT2D eigenvalue weighted by Gasteiger charge is 2.07. The molecule has 76 valence electrons. The Balaban J connectivity index is 2.84. The molecule has 1 nitrogen and oxygen atoms in total. The molecule has 0 atom stereocenters. The van der Waals surface area contributed by atoms with E-state index >= 15 is 0 Å². The Bertz CT molecular complexity index is 340. The lowest BCUT2D eigenvalue weighted by Gasteiger charge is -2.07. The van der Waals surface area contributed by atoms with Gasteiger partial charge in [0.05, 0.1) is 4.47 Å². The van der Waals surface area contributed by atoms with Gasteiger partial charge in [0.1, 0.15) is 11.6 Å². The first-order chi connectivity index (χ1) is 6.50. The Morgan fingerprint density at radius 3 is 2.36 bits per heavy atom. The number of benzene rings is 1. The van der Waals surface area contributed by atoms with Crippen LogP contribution < -0.4 is 5.32 Å². The molecule has 0 aliphatic carbocycles. The van der Waals surface area contributed by atoms with Gasteiger partial charge in [-0.1, -0.05) is 12.2 Å². The third-order valence-electron chi connectivity index (χ3n) is 1.58. The SMILES string of the molecule is C=C(C)CNc1cc(F)c(Br)c(F)c1. The molecule has 0 saturated carbocycles. The van der Waals surface area contributed by atoms with E-state index in [0.29, 0.717) is 12.2 Å². The van der Waals surface area contributed by atoms with E-state index < -0.39 is 11.6 Å². The number of rotatable bonds is 3. The third kappa shape index (κ3) is 2.80. The van der Waals surface area contributed by atoms with Crippen molar-refractivity contribution in [1.29, 1.82) is 0 Å². The molecule has 0 amide bonds. The van der Waals surface area contributed by atoms with Crippen LogP contribution in [0.3, 0.4) is 0 Å². The molecule has 0 aromatic heterocycles. The minimum absolute atomic E-state index is 0.140. The van der Waals surface area contributed by atoms with Gasteiger partial charge >= 0.3 is 0 Å². The second kappa shape index (κ2) is 4.55. The van der Waals surface area contributed by atoms with Gasteiger partial charge in [0, 0.05) is 12.2 Å². The van der Waals surface area contributed by atoms with Crippen LogP contribution >= 0.6 is 15.9 Å². The van der Waals surface area contributed by atoms with E-state index in [1.54, 1.807) is 0 Å². The fourth-order valence-corrected chi connectivity index (χ4v) is 1.14. The maximum absolute atomic E-state index is 13.0. The summed E-state index contributed by atoms with van der Waals surface area (Å²) in [4.78, 5) is 0. The zero-order chi connectivity index (χ0) is 10.7. The zero-order valence-corrected chi connectivity index (χ0v) is 9.29. The molecule has 0 unspecified atom stereocenters. The summed E-state index contributed by atoms with van der Waals surface area (Å²) < 4.78 is 25.9. The standard InChI is InChI=1S/C10H10BrF2N/c1-6(2)5-14-7-3-8(12)10(11)9(13)4-7/h3-4,14H,1,5H2,2H3. The first-order valence-electron chi connectivity index (χ1n) is 4.03. The second-order valence-corrected chi connectivity index (χ2v) is 3.86. The molecule has 1 aromatic rings. The number of hydrogen-bond donors (Lipinski definition) is 1. The highest BCUT2D eigenvalue weighted by atomic mass is 79.9. The Morgan fingerprint density at radius 1 is 1.43 bits per heavy atom. The van der Waals surface area contributed by atoms with E-state index in [-0.39, 0.29) is 4.47 Å². The molecule has 1 aromatic carbocycles. The van der Waals surface area contributed by atoms with Crippen LogP contribution in [0, 0.1) is 11.6 Å². The van der Waals surface area contributed by atoms with Gasteiger partial charge in [-0.2, -0.15) is 0 Å². The lowest BCUT2D eigenvalue weighted by molar-refractivity contribution is 0.572. The molecule has 0 fully saturated rings. The van der Waals surface area contributed by atoms with Crippen molar-refractivity contribution in [3.8, 4) is 0 Å². The first-order valence-corrected chi connectivity index (χ1v) is 4.83. The van der Waals surface area contributed by atoms with E-state index in [4.69, 9.17) is 0 Å². The highest BCUT2D eigenvalue weighted by molar-refractivity contribution is 9.10. The van der Waals surface area contributed by atoms with E-state index in [1.165, 1.54) is 12.1 Å². The summed E-state index contributed by atoms with van der Waals surface area (Å²) in [5.41, 5.74) is 1.31. The molecule has 14 heavy (non-hydrogen) atoms. The number of nitrogens with one attached hydrogen (secondary N) is 1. The van der Waals surface area contributed by atoms with Gasteiger partial charge in [-0.15, -0.1) is 0 Å². The fraction of sp³-hybridized carbons (Fsp3) is 0.200. The maximum atomic E-state index is 13.0. The van der Waals surface area contributed by atoms with Crippen molar-refractivity contribution in [3.05, 3.63) is 40.4 Å². The molecule has 4 heteroatoms. The van der Waals surface area contributed by atoms with Gasteiger partial charge in [-0.3, -0.25) is 0 Å². The van der Waals surface area contributed by atoms with Gasteiger partial charge < -0.3 is 5.32 Å². The topological polar surface area (TPSA) is 12.0 Å². The Morgan fingerprint density at radius 2 is 1.93 bits per heavy atom. The summed E-state index contributed by atoms with van der Waals surface area (Å²) in [5, 5.41) is 2.85. The molecule has 1 N–H and O–H groups in total. The lowest BCUT2D eigenvalue weighted by Crippen LogP contribution is -2.02. The largest absolute Gasteiger partial charge is 0.381 e. The molecule has 0 aliphatic heterocycles. The predicted molar refractivity (Wildman–Crippen MR) is 57.4 cm³/mol. The van der Waals surface area contributed by atoms with Crippen molar-refractivity contribution in [3.63, 3.8) is 0 Å². The minimum Gasteiger partial charge on any atom is -0.381 e. The third-order valence-corrected chi connectivity index (χ3v) is 2.34. The van der Waals surface area contributed by atoms with Crippen molar-refractivity contribution in [2.75, 3.05) is 11.9 Å². The molecular weight excluding hydrogens is 252 g/mol. The van der Waals surface area contributed by atoms with Gasteiger partial charge in [0.15, 0.2) is 0 Å². The number of hydrogen-bond acceptors (Lipinski definition) is 1. The first kappa shape index (κ1) is 11.2. The van der Waals surface area contributed by atoms with Crippen LogP contribution in [0.15, 0.2) is 28.8 Å². The summed E-state index contributed by atoms with van der Waals surface area (Å²) >= 11 is 2.80. The van der Waals surface area contributed by atoms with Crippen molar-refractivity contribution in [2.45, 2.75) is 6.92 Å². The molecular formula is C10H10BrF2N. The molecule has 1 rings (SSSR count). The Hall–Kier alpha value is -0.900. The van der Waals surface area contributed by atoms with Gasteiger partial charge in [0.2, 0.25) is 0 Å². The van der Waals surface area contributed by atoms with Crippen molar-refractivity contribution in [1.82, 2.24) is 0 Å². The van der Waals surface area contributed by atoms with Crippen LogP contribution in [-0.4, -0.2) is 6.54 Å². The minimum atomic E-state index is -0.616. The van der Waals surface area contributed by atoms with Crippen LogP contribution in [-0.2, 0) is 0 Å². The summed E-state index contributed by atoms with van der Waals surface area (Å²) in [6, 6.07) is 2.46. The summed E-state index contributed by atoms with van der Waals surface area (Å²) in [7, 11) is 0. The smallest absolute Gasteiger partial charge is 0.142 e. The van der Waals surface area contributed by atoms with Crippen LogP contribution in [0.5, 0.6) is 0 Å². The predicted octanol–water partition coefficient (Wildman–Crippen LogP) is 3.72. The van der Waals surface area contributed by atoms with Crippen molar-refractivity contribution >= 4 is 21.6 Å². The molecule has 0 spiro atoms. The fourth-order valence-electron chi connectivity index (χ4n) is 0.911. The average molecular weight is 262 g/mol. The van der Waals surface area contributed by atoms with Crippen LogP contribution in [0.25, 0.3) is 0 Å². The lowest BCUT2D eigenvalue weighted by atomic mass is 10.2. The molecule has 0 saturated heterocycles. The highest BCUT2D eigenvalue weighted by Crippen LogP contribution is 2.23. The van der Waals surface area contributed by atoms with Crippen LogP contribution in [0.1, 0.15) is 6.92 Å². The second-order valence-electron chi connectivity index (χ2n) is 3.06. The summed E-state index contributed by atoms with van der Waals surface area (Å²) in [6.45, 7) is 6.01. The van der Waals surface area contributed by atoms with Crippen LogP contribution in [0.2, 0.25) is 0 Å². The van der Waals surface area contributed by atoms with E-state index in [1.807, 2.05) is 6.92 Å². The molecule has 0 heterocycles. The van der Waals surface area contributed by atoms with Gasteiger partial charge in [-0.05, 0) is 35.0 Å². The summed E-state index contributed by atoms with van der Waals surface area (Å²) in [6.07, 6.45) is 0. The number of halogens is 3. The van der Waals surface area contributed by atoms with E-state index in [2.05, 4.69) is 27.8 Å². The molecule has 0 bridgehead atoms. The monoisotopic (exact) mass is 261 g/mol.